The van der Waals surface area contributed by atoms with Crippen LogP contribution in [-0.4, -0.2) is 23.8 Å². The highest BCUT2D eigenvalue weighted by atomic mass is 16.5. The fraction of sp³-hybridized carbons (Fsp3) is 0.208. The highest BCUT2D eigenvalue weighted by Gasteiger charge is 2.10. The monoisotopic (exact) mass is 387 g/mol. The minimum Gasteiger partial charge on any atom is -0.493 e. The Hall–Kier alpha value is -3.31. The van der Waals surface area contributed by atoms with Crippen molar-refractivity contribution in [2.24, 2.45) is 0 Å². The lowest BCUT2D eigenvalue weighted by Gasteiger charge is -2.17. The fourth-order valence-electron chi connectivity index (χ4n) is 3.45. The number of hydrogen-bond donors (Lipinski definition) is 1. The number of para-hydroxylation sites is 2. The summed E-state index contributed by atoms with van der Waals surface area (Å²) in [5.74, 6) is 1.49. The van der Waals surface area contributed by atoms with Gasteiger partial charge in [0, 0.05) is 18.3 Å². The first-order valence-electron chi connectivity index (χ1n) is 9.66. The molecule has 0 radical (unpaired) electrons. The van der Waals surface area contributed by atoms with Crippen LogP contribution in [0.15, 0.2) is 73.1 Å². The van der Waals surface area contributed by atoms with Crippen molar-refractivity contribution in [1.82, 2.24) is 14.9 Å². The number of nitrogens with zero attached hydrogens (tertiary/aromatic N) is 2. The van der Waals surface area contributed by atoms with Crippen LogP contribution in [0.5, 0.6) is 11.5 Å². The Morgan fingerprint density at radius 1 is 0.931 bits per heavy atom. The molecule has 1 atom stereocenters. The molecule has 29 heavy (non-hydrogen) atoms. The molecule has 1 heterocycles. The molecular weight excluding hydrogens is 362 g/mol. The van der Waals surface area contributed by atoms with E-state index in [0.29, 0.717) is 0 Å². The zero-order chi connectivity index (χ0) is 20.2. The standard InChI is InChI=1S/C24H25N3O2/c1-17(19-10-13-23(28-2)24(14-19)29-3)25-15-18-8-11-20(12-9-18)27-16-26-21-6-4-5-7-22(21)27/h4-14,16-17,25H,15H2,1-3H3. The molecule has 0 aliphatic heterocycles. The topological polar surface area (TPSA) is 48.3 Å². The fourth-order valence-corrected chi connectivity index (χ4v) is 3.45. The van der Waals surface area contributed by atoms with Gasteiger partial charge in [0.25, 0.3) is 0 Å². The SMILES string of the molecule is COc1ccc(C(C)NCc2ccc(-n3cnc4ccccc43)cc2)cc1OC. The molecule has 5 nitrogen and oxygen atoms in total. The Morgan fingerprint density at radius 3 is 2.45 bits per heavy atom. The molecule has 148 valence electrons. The molecule has 4 aromatic rings. The van der Waals surface area contributed by atoms with Crippen molar-refractivity contribution in [3.05, 3.63) is 84.2 Å². The van der Waals surface area contributed by atoms with Gasteiger partial charge in [-0.05, 0) is 54.4 Å². The van der Waals surface area contributed by atoms with Crippen LogP contribution in [0.4, 0.5) is 0 Å². The number of nitrogens with one attached hydrogen (secondary N) is 1. The molecule has 1 unspecified atom stereocenters. The van der Waals surface area contributed by atoms with E-state index in [1.165, 1.54) is 5.56 Å². The van der Waals surface area contributed by atoms with Crippen molar-refractivity contribution >= 4 is 11.0 Å². The Balaban J connectivity index is 1.44. The number of ether oxygens (including phenoxy) is 2. The molecule has 0 bridgehead atoms. The van der Waals surface area contributed by atoms with Crippen molar-refractivity contribution in [1.29, 1.82) is 0 Å². The first kappa shape index (κ1) is 19.0. The van der Waals surface area contributed by atoms with Crippen LogP contribution in [0.1, 0.15) is 24.1 Å². The van der Waals surface area contributed by atoms with E-state index in [1.807, 2.05) is 36.7 Å². The number of methoxy groups -OCH3 is 2. The summed E-state index contributed by atoms with van der Waals surface area (Å²) in [4.78, 5) is 4.47. The van der Waals surface area contributed by atoms with Gasteiger partial charge in [0.15, 0.2) is 11.5 Å². The number of hydrogen-bond acceptors (Lipinski definition) is 4. The van der Waals surface area contributed by atoms with E-state index in [0.717, 1.165) is 40.3 Å². The van der Waals surface area contributed by atoms with Crippen LogP contribution in [0.3, 0.4) is 0 Å². The van der Waals surface area contributed by atoms with E-state index < -0.39 is 0 Å². The second kappa shape index (κ2) is 8.37. The Kier molecular flexibility index (Phi) is 5.49. The zero-order valence-electron chi connectivity index (χ0n) is 16.9. The molecule has 5 heteroatoms. The van der Waals surface area contributed by atoms with Gasteiger partial charge in [-0.25, -0.2) is 4.98 Å². The number of imidazole rings is 1. The summed E-state index contributed by atoms with van der Waals surface area (Å²) in [6, 6.07) is 22.9. The maximum Gasteiger partial charge on any atom is 0.161 e. The van der Waals surface area contributed by atoms with E-state index in [1.54, 1.807) is 14.2 Å². The Morgan fingerprint density at radius 2 is 1.69 bits per heavy atom. The van der Waals surface area contributed by atoms with Gasteiger partial charge in [-0.1, -0.05) is 30.3 Å². The third-order valence-corrected chi connectivity index (χ3v) is 5.19. The summed E-state index contributed by atoms with van der Waals surface area (Å²) in [7, 11) is 3.31. The predicted octanol–water partition coefficient (Wildman–Crippen LogP) is 4.89. The van der Waals surface area contributed by atoms with E-state index in [4.69, 9.17) is 9.47 Å². The number of aromatic nitrogens is 2. The summed E-state index contributed by atoms with van der Waals surface area (Å²) in [6.45, 7) is 2.92. The molecule has 0 amide bonds. The van der Waals surface area contributed by atoms with Crippen LogP contribution in [-0.2, 0) is 6.54 Å². The molecule has 1 N–H and O–H groups in total. The van der Waals surface area contributed by atoms with Crippen LogP contribution in [0, 0.1) is 0 Å². The lowest BCUT2D eigenvalue weighted by molar-refractivity contribution is 0.354. The summed E-state index contributed by atoms with van der Waals surface area (Å²) in [6.07, 6.45) is 1.87. The van der Waals surface area contributed by atoms with Gasteiger partial charge in [0.1, 0.15) is 6.33 Å². The van der Waals surface area contributed by atoms with E-state index >= 15 is 0 Å². The highest BCUT2D eigenvalue weighted by Crippen LogP contribution is 2.30. The first-order valence-corrected chi connectivity index (χ1v) is 9.66. The van der Waals surface area contributed by atoms with Gasteiger partial charge in [-0.2, -0.15) is 0 Å². The van der Waals surface area contributed by atoms with E-state index in [9.17, 15) is 0 Å². The quantitative estimate of drug-likeness (QED) is 0.490. The van der Waals surface area contributed by atoms with Crippen LogP contribution in [0.25, 0.3) is 16.7 Å². The molecule has 0 saturated heterocycles. The molecule has 0 aliphatic carbocycles. The molecule has 0 spiro atoms. The molecule has 1 aromatic heterocycles. The number of benzene rings is 3. The second-order valence-corrected chi connectivity index (χ2v) is 6.99. The average molecular weight is 387 g/mol. The summed E-state index contributed by atoms with van der Waals surface area (Å²) in [5, 5.41) is 3.57. The first-order chi connectivity index (χ1) is 14.2. The number of fused-ring (bicyclic) bond motifs is 1. The van der Waals surface area contributed by atoms with E-state index in [-0.39, 0.29) is 6.04 Å². The third kappa shape index (κ3) is 3.96. The van der Waals surface area contributed by atoms with E-state index in [2.05, 4.69) is 58.2 Å². The van der Waals surface area contributed by atoms with Crippen LogP contribution < -0.4 is 14.8 Å². The van der Waals surface area contributed by atoms with Crippen molar-refractivity contribution in [2.45, 2.75) is 19.5 Å². The molecule has 0 fully saturated rings. The number of rotatable bonds is 7. The molecular formula is C24H25N3O2. The highest BCUT2D eigenvalue weighted by molar-refractivity contribution is 5.77. The minimum atomic E-state index is 0.187. The van der Waals surface area contributed by atoms with Gasteiger partial charge < -0.3 is 14.8 Å². The molecule has 0 aliphatic rings. The lowest BCUT2D eigenvalue weighted by atomic mass is 10.1. The maximum absolute atomic E-state index is 5.41. The zero-order valence-corrected chi connectivity index (χ0v) is 16.9. The third-order valence-electron chi connectivity index (χ3n) is 5.19. The van der Waals surface area contributed by atoms with Crippen LogP contribution >= 0.6 is 0 Å². The summed E-state index contributed by atoms with van der Waals surface area (Å²) in [5.41, 5.74) is 5.60. The smallest absolute Gasteiger partial charge is 0.161 e. The molecule has 0 saturated carbocycles. The van der Waals surface area contributed by atoms with Gasteiger partial charge in [-0.3, -0.25) is 4.57 Å². The summed E-state index contributed by atoms with van der Waals surface area (Å²) >= 11 is 0. The predicted molar refractivity (Wildman–Crippen MR) is 116 cm³/mol. The minimum absolute atomic E-state index is 0.187. The van der Waals surface area contributed by atoms with Gasteiger partial charge in [0.2, 0.25) is 0 Å². The van der Waals surface area contributed by atoms with Crippen molar-refractivity contribution < 1.29 is 9.47 Å². The van der Waals surface area contributed by atoms with Gasteiger partial charge in [0.05, 0.1) is 25.3 Å². The van der Waals surface area contributed by atoms with Gasteiger partial charge in [-0.15, -0.1) is 0 Å². The Bertz CT molecular complexity index is 1100. The average Bonchev–Trinajstić information content (AvgIpc) is 3.21. The lowest BCUT2D eigenvalue weighted by Crippen LogP contribution is -2.18. The molecule has 4 rings (SSSR count). The van der Waals surface area contributed by atoms with Crippen molar-refractivity contribution in [3.63, 3.8) is 0 Å². The second-order valence-electron chi connectivity index (χ2n) is 6.99. The normalized spacial score (nSPS) is 12.1. The maximum atomic E-state index is 5.41. The largest absolute Gasteiger partial charge is 0.493 e. The van der Waals surface area contributed by atoms with Gasteiger partial charge >= 0.3 is 0 Å². The van der Waals surface area contributed by atoms with Crippen molar-refractivity contribution in [3.8, 4) is 17.2 Å². The Labute approximate surface area is 170 Å². The van der Waals surface area contributed by atoms with Crippen molar-refractivity contribution in [2.75, 3.05) is 14.2 Å². The molecule has 3 aromatic carbocycles. The summed E-state index contributed by atoms with van der Waals surface area (Å²) < 4.78 is 12.8. The van der Waals surface area contributed by atoms with Crippen LogP contribution in [0.2, 0.25) is 0 Å².